The first kappa shape index (κ1) is 15.5. The van der Waals surface area contributed by atoms with Crippen LogP contribution in [-0.2, 0) is 16.6 Å². The van der Waals surface area contributed by atoms with E-state index in [4.69, 9.17) is 5.73 Å². The zero-order chi connectivity index (χ0) is 15.6. The van der Waals surface area contributed by atoms with Crippen LogP contribution < -0.4 is 10.0 Å². The molecule has 0 fully saturated rings. The maximum Gasteiger partial charge on any atom is 0.268 e. The van der Waals surface area contributed by atoms with Crippen molar-refractivity contribution in [2.24, 2.45) is 5.73 Å². The van der Waals surface area contributed by atoms with Gasteiger partial charge in [-0.1, -0.05) is 17.7 Å². The first-order chi connectivity index (χ1) is 9.91. The fourth-order valence-corrected chi connectivity index (χ4v) is 4.08. The van der Waals surface area contributed by atoms with Crippen molar-refractivity contribution in [2.45, 2.75) is 32.2 Å². The minimum Gasteiger partial charge on any atom is -0.325 e. The van der Waals surface area contributed by atoms with Crippen LogP contribution >= 0.6 is 0 Å². The average Bonchev–Trinajstić information content (AvgIpc) is 2.83. The van der Waals surface area contributed by atoms with Crippen LogP contribution in [0.3, 0.4) is 0 Å². The minimum absolute atomic E-state index is 0.0738. The average molecular weight is 308 g/mol. The molecule has 1 aromatic carbocycles. The third kappa shape index (κ3) is 2.79. The highest BCUT2D eigenvalue weighted by Gasteiger charge is 2.29. The summed E-state index contributed by atoms with van der Waals surface area (Å²) in [7, 11) is -3.69. The van der Waals surface area contributed by atoms with Gasteiger partial charge in [0.15, 0.2) is 0 Å². The van der Waals surface area contributed by atoms with Crippen LogP contribution in [0.5, 0.6) is 0 Å². The first-order valence-corrected chi connectivity index (χ1v) is 8.19. The molecule has 1 aromatic heterocycles. The lowest BCUT2D eigenvalue weighted by Crippen LogP contribution is -2.31. The Hall–Kier alpha value is -1.86. The Morgan fingerprint density at radius 1 is 1.24 bits per heavy atom. The number of aromatic amines is 1. The topological polar surface area (TPSA) is 92.1 Å². The van der Waals surface area contributed by atoms with Crippen molar-refractivity contribution >= 4 is 15.7 Å². The number of nitrogens with zero attached hydrogens (tertiary/aromatic N) is 2. The predicted molar refractivity (Wildman–Crippen MR) is 82.6 cm³/mol. The van der Waals surface area contributed by atoms with Crippen molar-refractivity contribution in [3.63, 3.8) is 0 Å². The second-order valence-corrected chi connectivity index (χ2v) is 6.63. The Kier molecular flexibility index (Phi) is 4.34. The van der Waals surface area contributed by atoms with Gasteiger partial charge in [0.05, 0.1) is 17.1 Å². The fourth-order valence-electron chi connectivity index (χ4n) is 2.26. The third-order valence-corrected chi connectivity index (χ3v) is 5.42. The molecule has 0 saturated heterocycles. The maximum atomic E-state index is 12.9. The van der Waals surface area contributed by atoms with Gasteiger partial charge in [0, 0.05) is 13.1 Å². The molecule has 0 aliphatic rings. The highest BCUT2D eigenvalue weighted by atomic mass is 32.2. The molecule has 0 spiro atoms. The summed E-state index contributed by atoms with van der Waals surface area (Å²) in [5.74, 6) is 0. The monoisotopic (exact) mass is 308 g/mol. The van der Waals surface area contributed by atoms with Crippen molar-refractivity contribution in [3.8, 4) is 0 Å². The van der Waals surface area contributed by atoms with E-state index in [-0.39, 0.29) is 11.4 Å². The van der Waals surface area contributed by atoms with Gasteiger partial charge in [-0.2, -0.15) is 5.10 Å². The predicted octanol–water partition coefficient (Wildman–Crippen LogP) is 1.70. The Morgan fingerprint density at radius 3 is 2.38 bits per heavy atom. The standard InChI is InChI=1S/C14H20N4O2S/c1-4-18(12-7-5-10(2)6-8-12)21(19,20)14-11(3)16-17-13(14)9-15/h5-8H,4,9,15H2,1-3H3,(H,16,17). The zero-order valence-corrected chi connectivity index (χ0v) is 13.2. The number of anilines is 1. The van der Waals surface area contributed by atoms with Crippen molar-refractivity contribution in [1.29, 1.82) is 0 Å². The molecule has 3 N–H and O–H groups in total. The molecule has 1 heterocycles. The molecule has 0 bridgehead atoms. The number of H-pyrrole nitrogens is 1. The Balaban J connectivity index is 2.54. The Morgan fingerprint density at radius 2 is 1.86 bits per heavy atom. The minimum atomic E-state index is -3.69. The molecule has 114 valence electrons. The van der Waals surface area contributed by atoms with E-state index in [0.717, 1.165) is 5.56 Å². The van der Waals surface area contributed by atoms with Crippen LogP contribution in [-0.4, -0.2) is 25.2 Å². The second kappa shape index (κ2) is 5.87. The van der Waals surface area contributed by atoms with Crippen molar-refractivity contribution in [2.75, 3.05) is 10.8 Å². The van der Waals surface area contributed by atoms with Crippen molar-refractivity contribution in [1.82, 2.24) is 10.2 Å². The zero-order valence-electron chi connectivity index (χ0n) is 12.4. The van der Waals surface area contributed by atoms with Gasteiger partial charge in [-0.25, -0.2) is 8.42 Å². The van der Waals surface area contributed by atoms with Crippen molar-refractivity contribution < 1.29 is 8.42 Å². The lowest BCUT2D eigenvalue weighted by molar-refractivity contribution is 0.590. The van der Waals surface area contributed by atoms with E-state index in [1.165, 1.54) is 4.31 Å². The van der Waals surface area contributed by atoms with E-state index < -0.39 is 10.0 Å². The van der Waals surface area contributed by atoms with Gasteiger partial charge in [-0.15, -0.1) is 0 Å². The summed E-state index contributed by atoms with van der Waals surface area (Å²) < 4.78 is 27.2. The van der Waals surface area contributed by atoms with Crippen LogP contribution in [0.4, 0.5) is 5.69 Å². The summed E-state index contributed by atoms with van der Waals surface area (Å²) in [4.78, 5) is 0.174. The molecule has 0 radical (unpaired) electrons. The van der Waals surface area contributed by atoms with Crippen LogP contribution in [0.25, 0.3) is 0 Å². The van der Waals surface area contributed by atoms with E-state index in [1.807, 2.05) is 19.1 Å². The number of hydrogen-bond donors (Lipinski definition) is 2. The van der Waals surface area contributed by atoms with Gasteiger partial charge in [0.1, 0.15) is 4.90 Å². The number of sulfonamides is 1. The third-order valence-electron chi connectivity index (χ3n) is 3.31. The molecule has 7 heteroatoms. The largest absolute Gasteiger partial charge is 0.325 e. The van der Waals surface area contributed by atoms with Gasteiger partial charge in [0.25, 0.3) is 10.0 Å². The Bertz CT molecular complexity index is 720. The molecule has 0 aliphatic heterocycles. The molecule has 6 nitrogen and oxygen atoms in total. The maximum absolute atomic E-state index is 12.9. The molecule has 0 unspecified atom stereocenters. The number of nitrogens with two attached hydrogens (primary N) is 1. The summed E-state index contributed by atoms with van der Waals surface area (Å²) in [5, 5.41) is 6.67. The molecule has 2 aromatic rings. The quantitative estimate of drug-likeness (QED) is 0.879. The molecular weight excluding hydrogens is 288 g/mol. The highest BCUT2D eigenvalue weighted by Crippen LogP contribution is 2.27. The SMILES string of the molecule is CCN(c1ccc(C)cc1)S(=O)(=O)c1c(CN)n[nH]c1C. The van der Waals surface area contributed by atoms with E-state index in [0.29, 0.717) is 23.6 Å². The summed E-state index contributed by atoms with van der Waals surface area (Å²) in [6.07, 6.45) is 0. The molecule has 2 rings (SSSR count). The van der Waals surface area contributed by atoms with Gasteiger partial charge >= 0.3 is 0 Å². The number of aryl methyl sites for hydroxylation is 2. The molecule has 0 amide bonds. The Labute approximate surface area is 125 Å². The van der Waals surface area contributed by atoms with Crippen LogP contribution in [0.2, 0.25) is 0 Å². The van der Waals surface area contributed by atoms with E-state index in [2.05, 4.69) is 10.2 Å². The van der Waals surface area contributed by atoms with Crippen LogP contribution in [0.15, 0.2) is 29.2 Å². The molecule has 0 aliphatic carbocycles. The van der Waals surface area contributed by atoms with Crippen LogP contribution in [0.1, 0.15) is 23.9 Å². The summed E-state index contributed by atoms with van der Waals surface area (Å²) in [6.45, 7) is 5.85. The van der Waals surface area contributed by atoms with E-state index >= 15 is 0 Å². The lowest BCUT2D eigenvalue weighted by atomic mass is 10.2. The van der Waals surface area contributed by atoms with Gasteiger partial charge in [-0.05, 0) is 32.9 Å². The van der Waals surface area contributed by atoms with Crippen LogP contribution in [0, 0.1) is 13.8 Å². The number of rotatable bonds is 5. The number of aromatic nitrogens is 2. The molecule has 21 heavy (non-hydrogen) atoms. The van der Waals surface area contributed by atoms with Gasteiger partial charge < -0.3 is 5.73 Å². The summed E-state index contributed by atoms with van der Waals surface area (Å²) >= 11 is 0. The smallest absolute Gasteiger partial charge is 0.268 e. The highest BCUT2D eigenvalue weighted by molar-refractivity contribution is 7.93. The number of hydrogen-bond acceptors (Lipinski definition) is 4. The number of nitrogens with one attached hydrogen (secondary N) is 1. The van der Waals surface area contributed by atoms with Crippen molar-refractivity contribution in [3.05, 3.63) is 41.2 Å². The second-order valence-electron chi connectivity index (χ2n) is 4.83. The first-order valence-electron chi connectivity index (χ1n) is 6.75. The van der Waals surface area contributed by atoms with E-state index in [9.17, 15) is 8.42 Å². The summed E-state index contributed by atoms with van der Waals surface area (Å²) in [5.41, 5.74) is 8.16. The lowest BCUT2D eigenvalue weighted by Gasteiger charge is -2.23. The fraction of sp³-hybridized carbons (Fsp3) is 0.357. The molecular formula is C14H20N4O2S. The van der Waals surface area contributed by atoms with Gasteiger partial charge in [0.2, 0.25) is 0 Å². The molecule has 0 atom stereocenters. The molecule has 0 saturated carbocycles. The normalized spacial score (nSPS) is 11.6. The van der Waals surface area contributed by atoms with E-state index in [1.54, 1.807) is 26.0 Å². The summed E-state index contributed by atoms with van der Waals surface area (Å²) in [6, 6.07) is 7.38. The number of benzene rings is 1. The van der Waals surface area contributed by atoms with Gasteiger partial charge in [-0.3, -0.25) is 9.40 Å².